The van der Waals surface area contributed by atoms with Gasteiger partial charge in [0.05, 0.1) is 11.3 Å². The molecule has 1 spiro atoms. The summed E-state index contributed by atoms with van der Waals surface area (Å²) in [4.78, 5) is 13.2. The molecule has 0 aromatic heterocycles. The first-order valence-corrected chi connectivity index (χ1v) is 6.17. The maximum Gasteiger partial charge on any atom is 0.335 e. The molecule has 0 radical (unpaired) electrons. The molecule has 1 saturated heterocycles. The topological polar surface area (TPSA) is 40.5 Å². The maximum absolute atomic E-state index is 10.9. The average molecular weight is 282 g/mol. The van der Waals surface area contributed by atoms with Crippen LogP contribution in [-0.2, 0) is 0 Å². The van der Waals surface area contributed by atoms with Crippen molar-refractivity contribution in [2.24, 2.45) is 5.41 Å². The Hall–Kier alpha value is -1.03. The quantitative estimate of drug-likeness (QED) is 0.906. The average Bonchev–Trinajstić information content (AvgIpc) is 2.96. The standard InChI is InChI=1S/C12H12BrNO2/c13-9-2-1-8(11(15)16)5-10(9)14-6-12(7-14)3-4-12/h1-2,5H,3-4,6-7H2,(H,15,16). The molecule has 0 unspecified atom stereocenters. The van der Waals surface area contributed by atoms with Crippen molar-refractivity contribution < 1.29 is 9.90 Å². The smallest absolute Gasteiger partial charge is 0.335 e. The molecule has 1 N–H and O–H groups in total. The van der Waals surface area contributed by atoms with Crippen LogP contribution in [0.5, 0.6) is 0 Å². The van der Waals surface area contributed by atoms with Gasteiger partial charge in [-0.15, -0.1) is 0 Å². The lowest BCUT2D eigenvalue weighted by molar-refractivity contribution is 0.0697. The number of hydrogen-bond acceptors (Lipinski definition) is 2. The van der Waals surface area contributed by atoms with Gasteiger partial charge in [0.15, 0.2) is 0 Å². The van der Waals surface area contributed by atoms with E-state index < -0.39 is 5.97 Å². The summed E-state index contributed by atoms with van der Waals surface area (Å²) in [6.07, 6.45) is 2.67. The summed E-state index contributed by atoms with van der Waals surface area (Å²) >= 11 is 3.48. The lowest BCUT2D eigenvalue weighted by Crippen LogP contribution is -2.48. The van der Waals surface area contributed by atoms with Crippen LogP contribution in [0.1, 0.15) is 23.2 Å². The molecular formula is C12H12BrNO2. The van der Waals surface area contributed by atoms with E-state index in [1.54, 1.807) is 12.1 Å². The summed E-state index contributed by atoms with van der Waals surface area (Å²) in [5.41, 5.74) is 1.95. The number of anilines is 1. The molecule has 3 nitrogen and oxygen atoms in total. The van der Waals surface area contributed by atoms with Gasteiger partial charge < -0.3 is 10.0 Å². The van der Waals surface area contributed by atoms with Gasteiger partial charge in [0.25, 0.3) is 0 Å². The first kappa shape index (κ1) is 10.1. The van der Waals surface area contributed by atoms with Crippen molar-refractivity contribution in [3.8, 4) is 0 Å². The van der Waals surface area contributed by atoms with Gasteiger partial charge in [0.2, 0.25) is 0 Å². The van der Waals surface area contributed by atoms with Crippen LogP contribution < -0.4 is 4.90 Å². The minimum absolute atomic E-state index is 0.356. The third-order valence-corrected chi connectivity index (χ3v) is 4.21. The molecule has 1 aromatic carbocycles. The third-order valence-electron chi connectivity index (χ3n) is 3.54. The Labute approximate surface area is 102 Å². The molecule has 84 valence electrons. The fraction of sp³-hybridized carbons (Fsp3) is 0.417. The lowest BCUT2D eigenvalue weighted by atomic mass is 9.96. The van der Waals surface area contributed by atoms with Crippen molar-refractivity contribution in [1.29, 1.82) is 0 Å². The van der Waals surface area contributed by atoms with Crippen LogP contribution in [0.25, 0.3) is 0 Å². The number of carboxylic acids is 1. The van der Waals surface area contributed by atoms with Gasteiger partial charge in [0.1, 0.15) is 0 Å². The normalized spacial score (nSPS) is 20.7. The van der Waals surface area contributed by atoms with Crippen LogP contribution in [0, 0.1) is 5.41 Å². The van der Waals surface area contributed by atoms with Crippen molar-refractivity contribution in [3.05, 3.63) is 28.2 Å². The van der Waals surface area contributed by atoms with Crippen LogP contribution >= 0.6 is 15.9 Å². The molecule has 2 fully saturated rings. The third kappa shape index (κ3) is 1.52. The number of nitrogens with zero attached hydrogens (tertiary/aromatic N) is 1. The maximum atomic E-state index is 10.9. The van der Waals surface area contributed by atoms with Crippen molar-refractivity contribution in [2.75, 3.05) is 18.0 Å². The molecule has 1 saturated carbocycles. The summed E-state index contributed by atoms with van der Waals surface area (Å²) in [6, 6.07) is 5.20. The predicted molar refractivity (Wildman–Crippen MR) is 65.0 cm³/mol. The SMILES string of the molecule is O=C(O)c1ccc(Br)c(N2CC3(CC3)C2)c1. The molecule has 1 aliphatic carbocycles. The Morgan fingerprint density at radius 1 is 1.38 bits per heavy atom. The van der Waals surface area contributed by atoms with Crippen molar-refractivity contribution in [2.45, 2.75) is 12.8 Å². The fourth-order valence-electron chi connectivity index (χ4n) is 2.31. The van der Waals surface area contributed by atoms with Crippen molar-refractivity contribution in [3.63, 3.8) is 0 Å². The van der Waals surface area contributed by atoms with E-state index in [1.165, 1.54) is 12.8 Å². The zero-order valence-electron chi connectivity index (χ0n) is 8.74. The van der Waals surface area contributed by atoms with Crippen LogP contribution in [0.2, 0.25) is 0 Å². The molecular weight excluding hydrogens is 270 g/mol. The number of halogens is 1. The number of aromatic carboxylic acids is 1. The Kier molecular flexibility index (Phi) is 2.05. The van der Waals surface area contributed by atoms with Gasteiger partial charge >= 0.3 is 5.97 Å². The Morgan fingerprint density at radius 3 is 2.62 bits per heavy atom. The molecule has 0 amide bonds. The minimum Gasteiger partial charge on any atom is -0.478 e. The second kappa shape index (κ2) is 3.23. The largest absolute Gasteiger partial charge is 0.478 e. The number of rotatable bonds is 2. The summed E-state index contributed by atoms with van der Waals surface area (Å²) in [5, 5.41) is 8.95. The Bertz CT molecular complexity index is 460. The number of carbonyl (C=O) groups is 1. The summed E-state index contributed by atoms with van der Waals surface area (Å²) in [7, 11) is 0. The van der Waals surface area contributed by atoms with Gasteiger partial charge in [-0.05, 0) is 47.0 Å². The van der Waals surface area contributed by atoms with Gasteiger partial charge in [-0.2, -0.15) is 0 Å². The molecule has 16 heavy (non-hydrogen) atoms. The summed E-state index contributed by atoms with van der Waals surface area (Å²) in [5.74, 6) is -0.865. The highest BCUT2D eigenvalue weighted by atomic mass is 79.9. The minimum atomic E-state index is -0.865. The predicted octanol–water partition coefficient (Wildman–Crippen LogP) is 2.75. The van der Waals surface area contributed by atoms with Gasteiger partial charge in [-0.1, -0.05) is 0 Å². The van der Waals surface area contributed by atoms with E-state index in [4.69, 9.17) is 5.11 Å². The molecule has 1 aliphatic heterocycles. The second-order valence-electron chi connectivity index (χ2n) is 4.83. The first-order valence-electron chi connectivity index (χ1n) is 5.38. The van der Waals surface area contributed by atoms with Gasteiger partial charge in [0, 0.05) is 23.0 Å². The van der Waals surface area contributed by atoms with Gasteiger partial charge in [-0.3, -0.25) is 0 Å². The highest BCUT2D eigenvalue weighted by Crippen LogP contribution is 2.54. The molecule has 2 aliphatic rings. The zero-order chi connectivity index (χ0) is 11.3. The number of benzene rings is 1. The van der Waals surface area contributed by atoms with Crippen molar-refractivity contribution >= 4 is 27.6 Å². The number of carboxylic acid groups (broad SMARTS) is 1. The van der Waals surface area contributed by atoms with Crippen LogP contribution in [-0.4, -0.2) is 24.2 Å². The van der Waals surface area contributed by atoms with Crippen molar-refractivity contribution in [1.82, 2.24) is 0 Å². The molecule has 3 rings (SSSR count). The Morgan fingerprint density at radius 2 is 2.06 bits per heavy atom. The van der Waals surface area contributed by atoms with E-state index in [1.807, 2.05) is 6.07 Å². The van der Waals surface area contributed by atoms with Crippen LogP contribution in [0.4, 0.5) is 5.69 Å². The van der Waals surface area contributed by atoms with E-state index in [2.05, 4.69) is 20.8 Å². The molecule has 1 heterocycles. The molecule has 1 aromatic rings. The van der Waals surface area contributed by atoms with E-state index >= 15 is 0 Å². The van der Waals surface area contributed by atoms with Gasteiger partial charge in [-0.25, -0.2) is 4.79 Å². The summed E-state index contributed by atoms with van der Waals surface area (Å²) < 4.78 is 0.980. The molecule has 0 atom stereocenters. The number of hydrogen-bond donors (Lipinski definition) is 1. The van der Waals surface area contributed by atoms with Crippen LogP contribution in [0.15, 0.2) is 22.7 Å². The van der Waals surface area contributed by atoms with E-state index in [9.17, 15) is 4.79 Å². The Balaban J connectivity index is 1.87. The van der Waals surface area contributed by atoms with Crippen LogP contribution in [0.3, 0.4) is 0 Å². The zero-order valence-corrected chi connectivity index (χ0v) is 10.3. The van der Waals surface area contributed by atoms with E-state index in [-0.39, 0.29) is 0 Å². The monoisotopic (exact) mass is 281 g/mol. The van der Waals surface area contributed by atoms with E-state index in [0.29, 0.717) is 11.0 Å². The second-order valence-corrected chi connectivity index (χ2v) is 5.68. The first-order chi connectivity index (χ1) is 7.60. The highest BCUT2D eigenvalue weighted by Gasteiger charge is 2.52. The summed E-state index contributed by atoms with van der Waals surface area (Å²) in [6.45, 7) is 2.16. The van der Waals surface area contributed by atoms with E-state index in [0.717, 1.165) is 23.2 Å². The fourth-order valence-corrected chi connectivity index (χ4v) is 2.81. The highest BCUT2D eigenvalue weighted by molar-refractivity contribution is 9.10. The molecule has 0 bridgehead atoms. The molecule has 4 heteroatoms. The lowest BCUT2D eigenvalue weighted by Gasteiger charge is -2.42.